The van der Waals surface area contributed by atoms with E-state index in [-0.39, 0.29) is 0 Å². The lowest BCUT2D eigenvalue weighted by atomic mass is 10.2. The van der Waals surface area contributed by atoms with Gasteiger partial charge in [-0.05, 0) is 75.9 Å². The van der Waals surface area contributed by atoms with Gasteiger partial charge < -0.3 is 18.9 Å². The molecule has 0 radical (unpaired) electrons. The summed E-state index contributed by atoms with van der Waals surface area (Å²) >= 11 is 0. The summed E-state index contributed by atoms with van der Waals surface area (Å²) in [6.07, 6.45) is 9.90. The highest BCUT2D eigenvalue weighted by atomic mass is 16.5. The first-order valence-electron chi connectivity index (χ1n) is 10.8. The number of ether oxygens (including phenoxy) is 4. The van der Waals surface area contributed by atoms with Crippen LogP contribution in [0.2, 0.25) is 0 Å². The van der Waals surface area contributed by atoms with Crippen LogP contribution in [0.15, 0.2) is 48.6 Å². The van der Waals surface area contributed by atoms with E-state index in [1.165, 1.54) is 0 Å². The molecule has 0 atom stereocenters. The summed E-state index contributed by atoms with van der Waals surface area (Å²) in [5, 5.41) is 0. The molecule has 2 aromatic rings. The van der Waals surface area contributed by atoms with Crippen LogP contribution in [0.1, 0.15) is 51.7 Å². The first kappa shape index (κ1) is 23.4. The molecule has 162 valence electrons. The first-order valence-corrected chi connectivity index (χ1v) is 10.8. The maximum Gasteiger partial charge on any atom is 0.161 e. The fourth-order valence-electron chi connectivity index (χ4n) is 2.99. The standard InChI is InChI=1S/C26H34O4/c1-5-11-21-13-15-23(27-7-3)25(19-21)29-17-9-10-18-30-26-20-22(12-6-2)14-16-24(26)28-8-4/h5-6,11-16,19-20H,7-10,17-18H2,1-4H3. The number of benzene rings is 2. The van der Waals surface area contributed by atoms with Crippen LogP contribution in [0, 0.1) is 0 Å². The molecule has 0 N–H and O–H groups in total. The zero-order chi connectivity index (χ0) is 21.6. The molecule has 0 saturated carbocycles. The van der Waals surface area contributed by atoms with Crippen LogP contribution in [-0.4, -0.2) is 26.4 Å². The van der Waals surface area contributed by atoms with Gasteiger partial charge in [0.1, 0.15) is 0 Å². The van der Waals surface area contributed by atoms with Gasteiger partial charge in [0.15, 0.2) is 23.0 Å². The molecule has 4 nitrogen and oxygen atoms in total. The van der Waals surface area contributed by atoms with E-state index in [1.807, 2.05) is 88.4 Å². The quantitative estimate of drug-likeness (QED) is 0.341. The van der Waals surface area contributed by atoms with Crippen molar-refractivity contribution in [3.8, 4) is 23.0 Å². The van der Waals surface area contributed by atoms with E-state index in [2.05, 4.69) is 0 Å². The van der Waals surface area contributed by atoms with Gasteiger partial charge in [0.25, 0.3) is 0 Å². The number of rotatable bonds is 13. The highest BCUT2D eigenvalue weighted by molar-refractivity contribution is 5.56. The molecule has 2 rings (SSSR count). The molecule has 0 fully saturated rings. The van der Waals surface area contributed by atoms with Gasteiger partial charge in [0, 0.05) is 0 Å². The highest BCUT2D eigenvalue weighted by Crippen LogP contribution is 2.30. The minimum atomic E-state index is 0.611. The van der Waals surface area contributed by atoms with Gasteiger partial charge in [-0.3, -0.25) is 0 Å². The molecule has 4 heteroatoms. The summed E-state index contributed by atoms with van der Waals surface area (Å²) < 4.78 is 23.3. The van der Waals surface area contributed by atoms with Gasteiger partial charge in [-0.25, -0.2) is 0 Å². The Morgan fingerprint density at radius 1 is 0.600 bits per heavy atom. The van der Waals surface area contributed by atoms with E-state index in [9.17, 15) is 0 Å². The summed E-state index contributed by atoms with van der Waals surface area (Å²) in [4.78, 5) is 0. The van der Waals surface area contributed by atoms with Gasteiger partial charge in [-0.2, -0.15) is 0 Å². The molecule has 0 saturated heterocycles. The van der Waals surface area contributed by atoms with Gasteiger partial charge in [-0.15, -0.1) is 0 Å². The predicted octanol–water partition coefficient (Wildman–Crippen LogP) is 6.79. The maximum atomic E-state index is 5.99. The third-order valence-electron chi connectivity index (χ3n) is 4.31. The van der Waals surface area contributed by atoms with Crippen LogP contribution >= 0.6 is 0 Å². The Bertz CT molecular complexity index is 754. The second-order valence-electron chi connectivity index (χ2n) is 6.68. The van der Waals surface area contributed by atoms with Crippen molar-refractivity contribution >= 4 is 12.2 Å². The van der Waals surface area contributed by atoms with Crippen LogP contribution in [-0.2, 0) is 0 Å². The van der Waals surface area contributed by atoms with E-state index in [4.69, 9.17) is 18.9 Å². The van der Waals surface area contributed by atoms with Crippen molar-refractivity contribution in [3.63, 3.8) is 0 Å². The summed E-state index contributed by atoms with van der Waals surface area (Å²) in [7, 11) is 0. The van der Waals surface area contributed by atoms with Crippen molar-refractivity contribution in [2.75, 3.05) is 26.4 Å². The Labute approximate surface area is 181 Å². The maximum absolute atomic E-state index is 5.99. The Morgan fingerprint density at radius 3 is 1.40 bits per heavy atom. The third kappa shape index (κ3) is 7.51. The number of unbranched alkanes of at least 4 members (excludes halogenated alkanes) is 1. The van der Waals surface area contributed by atoms with Crippen molar-refractivity contribution < 1.29 is 18.9 Å². The van der Waals surface area contributed by atoms with Crippen molar-refractivity contribution in [3.05, 3.63) is 59.7 Å². The molecule has 0 amide bonds. The lowest BCUT2D eigenvalue weighted by Crippen LogP contribution is -2.05. The molecule has 0 aliphatic rings. The molecular formula is C26H34O4. The van der Waals surface area contributed by atoms with Crippen LogP contribution in [0.25, 0.3) is 12.2 Å². The number of hydrogen-bond donors (Lipinski definition) is 0. The fraction of sp³-hybridized carbons (Fsp3) is 0.385. The SMILES string of the molecule is CC=Cc1ccc(OCC)c(OCCCCOc2cc(C=CC)ccc2OCC)c1. The lowest BCUT2D eigenvalue weighted by Gasteiger charge is -2.14. The van der Waals surface area contributed by atoms with Crippen molar-refractivity contribution in [2.24, 2.45) is 0 Å². The second kappa shape index (κ2) is 13.4. The van der Waals surface area contributed by atoms with Crippen molar-refractivity contribution in [1.82, 2.24) is 0 Å². The van der Waals surface area contributed by atoms with Gasteiger partial charge >= 0.3 is 0 Å². The predicted molar refractivity (Wildman–Crippen MR) is 125 cm³/mol. The second-order valence-corrected chi connectivity index (χ2v) is 6.68. The summed E-state index contributed by atoms with van der Waals surface area (Å²) in [5.74, 6) is 3.13. The van der Waals surface area contributed by atoms with Gasteiger partial charge in [0.2, 0.25) is 0 Å². The van der Waals surface area contributed by atoms with Gasteiger partial charge in [0.05, 0.1) is 26.4 Å². The largest absolute Gasteiger partial charge is 0.490 e. The lowest BCUT2D eigenvalue weighted by molar-refractivity contribution is 0.244. The Kier molecular flexibility index (Phi) is 10.4. The zero-order valence-corrected chi connectivity index (χ0v) is 18.6. The Morgan fingerprint density at radius 2 is 1.03 bits per heavy atom. The van der Waals surface area contributed by atoms with E-state index < -0.39 is 0 Å². The fourth-order valence-corrected chi connectivity index (χ4v) is 2.99. The van der Waals surface area contributed by atoms with E-state index in [0.717, 1.165) is 47.0 Å². The van der Waals surface area contributed by atoms with Crippen molar-refractivity contribution in [2.45, 2.75) is 40.5 Å². The van der Waals surface area contributed by atoms with E-state index in [0.29, 0.717) is 26.4 Å². The topological polar surface area (TPSA) is 36.9 Å². The van der Waals surface area contributed by atoms with Gasteiger partial charge in [-0.1, -0.05) is 36.4 Å². The third-order valence-corrected chi connectivity index (χ3v) is 4.31. The Balaban J connectivity index is 1.86. The summed E-state index contributed by atoms with van der Waals surface area (Å²) in [5.41, 5.74) is 2.20. The Hall–Kier alpha value is -2.88. The average molecular weight is 411 g/mol. The molecule has 0 heterocycles. The molecule has 30 heavy (non-hydrogen) atoms. The average Bonchev–Trinajstić information content (AvgIpc) is 2.74. The molecule has 0 unspecified atom stereocenters. The highest BCUT2D eigenvalue weighted by Gasteiger charge is 2.07. The molecule has 0 aliphatic carbocycles. The van der Waals surface area contributed by atoms with Crippen LogP contribution in [0.5, 0.6) is 23.0 Å². The smallest absolute Gasteiger partial charge is 0.161 e. The minimum Gasteiger partial charge on any atom is -0.490 e. The normalized spacial score (nSPS) is 11.2. The molecule has 2 aromatic carbocycles. The first-order chi connectivity index (χ1) is 14.7. The zero-order valence-electron chi connectivity index (χ0n) is 18.6. The summed E-state index contributed by atoms with van der Waals surface area (Å²) in [6.45, 7) is 10.4. The van der Waals surface area contributed by atoms with Crippen LogP contribution < -0.4 is 18.9 Å². The minimum absolute atomic E-state index is 0.611. The van der Waals surface area contributed by atoms with E-state index in [1.54, 1.807) is 0 Å². The van der Waals surface area contributed by atoms with Crippen molar-refractivity contribution in [1.29, 1.82) is 0 Å². The number of hydrogen-bond acceptors (Lipinski definition) is 4. The molecule has 0 bridgehead atoms. The molecule has 0 aliphatic heterocycles. The van der Waals surface area contributed by atoms with Crippen LogP contribution in [0.3, 0.4) is 0 Å². The molecular weight excluding hydrogens is 376 g/mol. The molecule has 0 aromatic heterocycles. The van der Waals surface area contributed by atoms with E-state index >= 15 is 0 Å². The summed E-state index contributed by atoms with van der Waals surface area (Å²) in [6, 6.07) is 12.0. The molecule has 0 spiro atoms. The monoisotopic (exact) mass is 410 g/mol. The number of allylic oxidation sites excluding steroid dienone is 2. The van der Waals surface area contributed by atoms with Crippen LogP contribution in [0.4, 0.5) is 0 Å².